The van der Waals surface area contributed by atoms with Crippen molar-refractivity contribution in [2.45, 2.75) is 43.0 Å². The van der Waals surface area contributed by atoms with Gasteiger partial charge in [-0.3, -0.25) is 23.8 Å². The Balaban J connectivity index is 1.31. The molecule has 1 aliphatic heterocycles. The zero-order chi connectivity index (χ0) is 44.3. The van der Waals surface area contributed by atoms with Gasteiger partial charge in [0.1, 0.15) is 35.6 Å². The summed E-state index contributed by atoms with van der Waals surface area (Å²) < 4.78 is 39.3. The monoisotopic (exact) mass is 860 g/mol. The van der Waals surface area contributed by atoms with Gasteiger partial charge in [-0.2, -0.15) is 5.06 Å². The predicted octanol–water partition coefficient (Wildman–Crippen LogP) is 5.66. The number of esters is 1. The van der Waals surface area contributed by atoms with Crippen LogP contribution >= 0.6 is 0 Å². The summed E-state index contributed by atoms with van der Waals surface area (Å²) in [5.74, 6) is -0.895. The first-order chi connectivity index (χ1) is 30.6. The van der Waals surface area contributed by atoms with E-state index >= 15 is 0 Å². The van der Waals surface area contributed by atoms with Gasteiger partial charge in [-0.15, -0.1) is 0 Å². The summed E-state index contributed by atoms with van der Waals surface area (Å²) in [6, 6.07) is 33.4. The second kappa shape index (κ2) is 20.4. The van der Waals surface area contributed by atoms with Gasteiger partial charge in [0.25, 0.3) is 5.91 Å². The van der Waals surface area contributed by atoms with E-state index in [1.165, 1.54) is 17.7 Å². The Morgan fingerprint density at radius 1 is 0.778 bits per heavy atom. The van der Waals surface area contributed by atoms with Gasteiger partial charge in [-0.1, -0.05) is 72.8 Å². The molecule has 1 fully saturated rings. The highest BCUT2D eigenvalue weighted by Gasteiger charge is 2.51. The van der Waals surface area contributed by atoms with Gasteiger partial charge in [0.2, 0.25) is 0 Å². The number of anilines is 1. The van der Waals surface area contributed by atoms with Crippen molar-refractivity contribution in [1.29, 1.82) is 0 Å². The number of carbonyl (C=O) groups excluding carboxylic acids is 2. The number of benzene rings is 4. The van der Waals surface area contributed by atoms with Crippen LogP contribution < -0.4 is 14.8 Å². The Hall–Kier alpha value is -6.76. The molecule has 6 aromatic rings. The van der Waals surface area contributed by atoms with Crippen LogP contribution in [0.2, 0.25) is 0 Å². The number of imidazole rings is 1. The van der Waals surface area contributed by atoms with Gasteiger partial charge in [0.05, 0.1) is 53.2 Å². The molecule has 2 N–H and O–H groups in total. The largest absolute Gasteiger partial charge is 0.497 e. The molecule has 1 amide bonds. The first-order valence-electron chi connectivity index (χ1n) is 20.1. The molecule has 3 heterocycles. The number of rotatable bonds is 20. The SMILES string of the molecule is COc1ccc(C(OC[C@H]2O[C@@H](n3cnc4c(NC(=O)c5ccccc5)ncnc43)[C@H](OCCON(C)C)[C@@H]2OC(=O)CCC(=O)O)(c2ccccc2)c2ccc(OC)cc2)cc1. The van der Waals surface area contributed by atoms with E-state index in [1.807, 2.05) is 84.9 Å². The molecule has 63 heavy (non-hydrogen) atoms. The number of carbonyl (C=O) groups is 3. The van der Waals surface area contributed by atoms with Crippen LogP contribution in [0.4, 0.5) is 5.82 Å². The van der Waals surface area contributed by atoms with Crippen molar-refractivity contribution >= 4 is 34.8 Å². The second-order valence-electron chi connectivity index (χ2n) is 14.6. The van der Waals surface area contributed by atoms with Crippen LogP contribution in [0, 0.1) is 0 Å². The van der Waals surface area contributed by atoms with E-state index in [2.05, 4.69) is 20.3 Å². The van der Waals surface area contributed by atoms with E-state index in [0.717, 1.165) is 16.7 Å². The predicted molar refractivity (Wildman–Crippen MR) is 228 cm³/mol. The molecule has 17 heteroatoms. The molecule has 0 radical (unpaired) electrons. The zero-order valence-electron chi connectivity index (χ0n) is 35.2. The number of nitrogens with zero attached hydrogens (tertiary/aromatic N) is 5. The highest BCUT2D eigenvalue weighted by molar-refractivity contribution is 6.06. The molecule has 2 aromatic heterocycles. The number of hydrogen-bond acceptors (Lipinski definition) is 14. The number of nitrogens with one attached hydrogen (secondary N) is 1. The summed E-state index contributed by atoms with van der Waals surface area (Å²) in [5, 5.41) is 13.8. The Morgan fingerprint density at radius 3 is 2.00 bits per heavy atom. The van der Waals surface area contributed by atoms with Crippen LogP contribution in [-0.4, -0.2) is 114 Å². The summed E-state index contributed by atoms with van der Waals surface area (Å²) in [6.45, 7) is -0.0227. The summed E-state index contributed by atoms with van der Waals surface area (Å²) in [6.07, 6.45) is -2.37. The number of hydroxylamine groups is 2. The number of ether oxygens (including phenoxy) is 6. The van der Waals surface area contributed by atoms with Crippen molar-refractivity contribution in [3.63, 3.8) is 0 Å². The van der Waals surface area contributed by atoms with Gasteiger partial charge < -0.3 is 38.8 Å². The quantitative estimate of drug-likeness (QED) is 0.0413. The molecule has 1 saturated heterocycles. The number of hydrogen-bond donors (Lipinski definition) is 2. The summed E-state index contributed by atoms with van der Waals surface area (Å²) >= 11 is 0. The molecule has 0 unspecified atom stereocenters. The molecule has 0 bridgehead atoms. The van der Waals surface area contributed by atoms with Gasteiger partial charge in [-0.25, -0.2) is 15.0 Å². The minimum atomic E-state index is -1.28. The molecule has 7 rings (SSSR count). The number of carboxylic acids is 1. The molecule has 0 aliphatic carbocycles. The average molecular weight is 861 g/mol. The highest BCUT2D eigenvalue weighted by Crippen LogP contribution is 2.44. The summed E-state index contributed by atoms with van der Waals surface area (Å²) in [5.41, 5.74) is 1.96. The molecule has 0 spiro atoms. The van der Waals surface area contributed by atoms with Crippen LogP contribution in [0.25, 0.3) is 11.2 Å². The standard InChI is InChI=1S/C46H48N6O11/c1-51(2)61-26-25-59-41-40(63-38(55)24-23-37(53)54)36(62-45(41)52-29-49-39-42(47-28-48-43(39)52)50-44(56)30-11-7-5-8-12-30)27-60-46(31-13-9-6-10-14-31,32-15-19-34(57-3)20-16-32)33-17-21-35(58-4)22-18-33/h5-22,28-29,36,40-41,45H,23-27H2,1-4H3,(H,53,54)(H,47,48,50,56)/t36-,40-,41-,45-/m1/s1. The minimum absolute atomic E-state index is 0.0328. The van der Waals surface area contributed by atoms with Crippen molar-refractivity contribution in [3.05, 3.63) is 144 Å². The molecule has 4 aromatic carbocycles. The van der Waals surface area contributed by atoms with Crippen LogP contribution in [0.3, 0.4) is 0 Å². The lowest BCUT2D eigenvalue weighted by atomic mass is 9.80. The van der Waals surface area contributed by atoms with Crippen molar-refractivity contribution < 1.29 is 52.7 Å². The van der Waals surface area contributed by atoms with E-state index in [-0.39, 0.29) is 36.8 Å². The fourth-order valence-electron chi connectivity index (χ4n) is 7.39. The Kier molecular flexibility index (Phi) is 14.3. The van der Waals surface area contributed by atoms with Crippen LogP contribution in [-0.2, 0) is 39.0 Å². The first kappa shape index (κ1) is 44.3. The average Bonchev–Trinajstić information content (AvgIpc) is 3.89. The maximum absolute atomic E-state index is 13.5. The van der Waals surface area contributed by atoms with Gasteiger partial charge in [0.15, 0.2) is 29.3 Å². The van der Waals surface area contributed by atoms with E-state index in [9.17, 15) is 19.5 Å². The lowest BCUT2D eigenvalue weighted by Crippen LogP contribution is -2.43. The van der Waals surface area contributed by atoms with Gasteiger partial charge >= 0.3 is 11.9 Å². The highest BCUT2D eigenvalue weighted by atomic mass is 16.7. The second-order valence-corrected chi connectivity index (χ2v) is 14.6. The number of fused-ring (bicyclic) bond motifs is 1. The maximum atomic E-state index is 13.5. The third-order valence-corrected chi connectivity index (χ3v) is 10.4. The molecule has 328 valence electrons. The molecule has 0 saturated carbocycles. The van der Waals surface area contributed by atoms with Crippen LogP contribution in [0.5, 0.6) is 11.5 Å². The maximum Gasteiger partial charge on any atom is 0.306 e. The Morgan fingerprint density at radius 2 is 1.40 bits per heavy atom. The minimum Gasteiger partial charge on any atom is -0.497 e. The van der Waals surface area contributed by atoms with E-state index in [4.69, 9.17) is 33.3 Å². The normalized spacial score (nSPS) is 17.4. The Bertz CT molecular complexity index is 2400. The van der Waals surface area contributed by atoms with E-state index < -0.39 is 60.8 Å². The topological polar surface area (TPSA) is 195 Å². The van der Waals surface area contributed by atoms with Crippen LogP contribution in [0.1, 0.15) is 46.1 Å². The Labute approximate surface area is 363 Å². The number of amides is 1. The molecular weight excluding hydrogens is 813 g/mol. The molecule has 1 aliphatic rings. The van der Waals surface area contributed by atoms with Crippen molar-refractivity contribution in [1.82, 2.24) is 24.6 Å². The fraction of sp³-hybridized carbons (Fsp3) is 0.304. The van der Waals surface area contributed by atoms with Gasteiger partial charge in [0, 0.05) is 19.7 Å². The summed E-state index contributed by atoms with van der Waals surface area (Å²) in [7, 11) is 6.65. The van der Waals surface area contributed by atoms with Crippen LogP contribution in [0.15, 0.2) is 122 Å². The van der Waals surface area contributed by atoms with Gasteiger partial charge in [-0.05, 0) is 53.1 Å². The number of methoxy groups -OCH3 is 2. The number of carboxylic acid groups (broad SMARTS) is 1. The summed E-state index contributed by atoms with van der Waals surface area (Å²) in [4.78, 5) is 57.3. The van der Waals surface area contributed by atoms with Crippen molar-refractivity contribution in [2.75, 3.05) is 53.5 Å². The van der Waals surface area contributed by atoms with E-state index in [1.54, 1.807) is 57.1 Å². The third kappa shape index (κ3) is 10.1. The zero-order valence-corrected chi connectivity index (χ0v) is 35.2. The lowest BCUT2D eigenvalue weighted by molar-refractivity contribution is -0.167. The third-order valence-electron chi connectivity index (χ3n) is 10.4. The molecule has 17 nitrogen and oxygen atoms in total. The van der Waals surface area contributed by atoms with Crippen molar-refractivity contribution in [2.24, 2.45) is 0 Å². The van der Waals surface area contributed by atoms with E-state index in [0.29, 0.717) is 17.1 Å². The first-order valence-corrected chi connectivity index (χ1v) is 20.1. The smallest absolute Gasteiger partial charge is 0.306 e. The number of aromatic nitrogens is 4. The van der Waals surface area contributed by atoms with Crippen molar-refractivity contribution in [3.8, 4) is 11.5 Å². The molecule has 4 atom stereocenters. The number of aliphatic carboxylic acids is 1. The fourth-order valence-corrected chi connectivity index (χ4v) is 7.39. The molecular formula is C46H48N6O11. The lowest BCUT2D eigenvalue weighted by Gasteiger charge is -2.37.